The number of hydrogen-bond acceptors (Lipinski definition) is 5. The van der Waals surface area contributed by atoms with Gasteiger partial charge in [0.15, 0.2) is 9.84 Å². The van der Waals surface area contributed by atoms with Gasteiger partial charge in [-0.05, 0) is 24.6 Å². The molecule has 0 amide bonds. The summed E-state index contributed by atoms with van der Waals surface area (Å²) in [5, 5.41) is 9.51. The number of aliphatic hydroxyl groups is 1. The number of sulfonamides is 1. The van der Waals surface area contributed by atoms with E-state index >= 15 is 0 Å². The van der Waals surface area contributed by atoms with Gasteiger partial charge in [-0.2, -0.15) is 4.31 Å². The van der Waals surface area contributed by atoms with Crippen LogP contribution in [0.15, 0.2) is 29.2 Å². The van der Waals surface area contributed by atoms with Crippen molar-refractivity contribution >= 4 is 19.9 Å². The minimum Gasteiger partial charge on any atom is -0.389 e. The quantitative estimate of drug-likeness (QED) is 0.857. The minimum absolute atomic E-state index is 0.0242. The summed E-state index contributed by atoms with van der Waals surface area (Å²) in [5.41, 5.74) is 0.510. The Morgan fingerprint density at radius 1 is 1.25 bits per heavy atom. The van der Waals surface area contributed by atoms with Gasteiger partial charge in [0.2, 0.25) is 10.0 Å². The molecule has 0 aromatic heterocycles. The van der Waals surface area contributed by atoms with Crippen LogP contribution in [0, 0.1) is 0 Å². The summed E-state index contributed by atoms with van der Waals surface area (Å²) >= 11 is 0. The fourth-order valence-corrected chi connectivity index (χ4v) is 4.95. The second kappa shape index (κ2) is 5.44. The van der Waals surface area contributed by atoms with Gasteiger partial charge in [-0.25, -0.2) is 16.8 Å². The zero-order valence-corrected chi connectivity index (χ0v) is 12.7. The molecule has 1 atom stereocenters. The average Bonchev–Trinajstić information content (AvgIpc) is 2.38. The Morgan fingerprint density at radius 3 is 2.40 bits per heavy atom. The van der Waals surface area contributed by atoms with E-state index in [4.69, 9.17) is 0 Å². The lowest BCUT2D eigenvalue weighted by molar-refractivity contribution is 0.199. The maximum Gasteiger partial charge on any atom is 0.243 e. The molecule has 0 aliphatic carbocycles. The second-order valence-electron chi connectivity index (χ2n) is 4.80. The van der Waals surface area contributed by atoms with Crippen molar-refractivity contribution < 1.29 is 21.9 Å². The van der Waals surface area contributed by atoms with Gasteiger partial charge >= 0.3 is 0 Å². The third-order valence-electron chi connectivity index (χ3n) is 3.28. The number of hydrogen-bond donors (Lipinski definition) is 1. The Labute approximate surface area is 119 Å². The summed E-state index contributed by atoms with van der Waals surface area (Å²) in [6.45, 7) is 1.51. The lowest BCUT2D eigenvalue weighted by Gasteiger charge is -2.26. The monoisotopic (exact) mass is 319 g/mol. The molecule has 1 aliphatic heterocycles. The lowest BCUT2D eigenvalue weighted by Crippen LogP contribution is -2.43. The number of nitrogens with zero attached hydrogens (tertiary/aromatic N) is 1. The number of sulfone groups is 1. The standard InChI is InChI=1S/C12H17NO5S2/c1-10(14)11-3-2-4-12(9-11)20(17,18)13-5-7-19(15,16)8-6-13/h2-4,9-10,14H,5-8H2,1H3. The molecular formula is C12H17NO5S2. The van der Waals surface area contributed by atoms with E-state index in [1.807, 2.05) is 0 Å². The molecule has 8 heteroatoms. The van der Waals surface area contributed by atoms with Crippen LogP contribution in [0.3, 0.4) is 0 Å². The summed E-state index contributed by atoms with van der Waals surface area (Å²) in [7, 11) is -6.84. The molecule has 0 spiro atoms. The highest BCUT2D eigenvalue weighted by Crippen LogP contribution is 2.21. The highest BCUT2D eigenvalue weighted by atomic mass is 32.2. The molecular weight excluding hydrogens is 302 g/mol. The van der Waals surface area contributed by atoms with Crippen LogP contribution in [0.5, 0.6) is 0 Å². The van der Waals surface area contributed by atoms with E-state index in [1.54, 1.807) is 19.1 Å². The Kier molecular flexibility index (Phi) is 4.19. The topological polar surface area (TPSA) is 91.8 Å². The van der Waals surface area contributed by atoms with Crippen LogP contribution in [0.2, 0.25) is 0 Å². The van der Waals surface area contributed by atoms with Gasteiger partial charge in [0.1, 0.15) is 0 Å². The highest BCUT2D eigenvalue weighted by Gasteiger charge is 2.31. The highest BCUT2D eigenvalue weighted by molar-refractivity contribution is 7.92. The van der Waals surface area contributed by atoms with Gasteiger partial charge < -0.3 is 5.11 Å². The first kappa shape index (κ1) is 15.4. The molecule has 2 rings (SSSR count). The SMILES string of the molecule is CC(O)c1cccc(S(=O)(=O)N2CCS(=O)(=O)CC2)c1. The molecule has 0 radical (unpaired) electrons. The number of rotatable bonds is 3. The molecule has 0 bridgehead atoms. The van der Waals surface area contributed by atoms with Gasteiger partial charge in [-0.3, -0.25) is 0 Å². The summed E-state index contributed by atoms with van der Waals surface area (Å²) < 4.78 is 48.7. The van der Waals surface area contributed by atoms with Crippen LogP contribution >= 0.6 is 0 Å². The Morgan fingerprint density at radius 2 is 1.85 bits per heavy atom. The molecule has 1 aliphatic rings. The van der Waals surface area contributed by atoms with E-state index in [1.165, 1.54) is 16.4 Å². The number of benzene rings is 1. The van der Waals surface area contributed by atoms with Crippen molar-refractivity contribution in [3.8, 4) is 0 Å². The van der Waals surface area contributed by atoms with Crippen LogP contribution in [-0.4, -0.2) is 50.8 Å². The van der Waals surface area contributed by atoms with Crippen molar-refractivity contribution in [3.63, 3.8) is 0 Å². The van der Waals surface area contributed by atoms with Crippen LogP contribution in [0.1, 0.15) is 18.6 Å². The summed E-state index contributed by atoms with van der Waals surface area (Å²) in [4.78, 5) is 0.0789. The molecule has 1 saturated heterocycles. The largest absolute Gasteiger partial charge is 0.389 e. The Bertz CT molecular complexity index is 680. The van der Waals surface area contributed by atoms with Crippen molar-refractivity contribution in [2.45, 2.75) is 17.9 Å². The summed E-state index contributed by atoms with van der Waals surface area (Å²) in [6, 6.07) is 6.08. The van der Waals surface area contributed by atoms with Gasteiger partial charge in [0, 0.05) is 13.1 Å². The van der Waals surface area contributed by atoms with E-state index in [-0.39, 0.29) is 29.5 Å². The lowest BCUT2D eigenvalue weighted by atomic mass is 10.1. The van der Waals surface area contributed by atoms with E-state index < -0.39 is 26.0 Å². The molecule has 1 fully saturated rings. The second-order valence-corrected chi connectivity index (χ2v) is 9.05. The smallest absolute Gasteiger partial charge is 0.243 e. The van der Waals surface area contributed by atoms with Gasteiger partial charge in [-0.15, -0.1) is 0 Å². The maximum atomic E-state index is 12.4. The summed E-state index contributed by atoms with van der Waals surface area (Å²) in [5.74, 6) is -0.301. The van der Waals surface area contributed by atoms with Crippen molar-refractivity contribution in [1.29, 1.82) is 0 Å². The van der Waals surface area contributed by atoms with Crippen LogP contribution in [0.25, 0.3) is 0 Å². The van der Waals surface area contributed by atoms with Crippen molar-refractivity contribution in [3.05, 3.63) is 29.8 Å². The van der Waals surface area contributed by atoms with Gasteiger partial charge in [0.25, 0.3) is 0 Å². The fourth-order valence-electron chi connectivity index (χ4n) is 2.02. The van der Waals surface area contributed by atoms with E-state index in [2.05, 4.69) is 0 Å². The van der Waals surface area contributed by atoms with E-state index in [0.717, 1.165) is 0 Å². The van der Waals surface area contributed by atoms with Gasteiger partial charge in [-0.1, -0.05) is 12.1 Å². The molecule has 0 saturated carbocycles. The molecule has 1 aromatic rings. The molecule has 20 heavy (non-hydrogen) atoms. The normalized spacial score (nSPS) is 21.5. The maximum absolute atomic E-state index is 12.4. The zero-order valence-electron chi connectivity index (χ0n) is 11.1. The van der Waals surface area contributed by atoms with E-state index in [9.17, 15) is 21.9 Å². The van der Waals surface area contributed by atoms with Crippen LogP contribution in [0.4, 0.5) is 0 Å². The predicted octanol–water partition coefficient (Wildman–Crippen LogP) is 0.159. The molecule has 1 unspecified atom stereocenters. The third kappa shape index (κ3) is 3.20. The first-order valence-corrected chi connectivity index (χ1v) is 9.47. The van der Waals surface area contributed by atoms with Gasteiger partial charge in [0.05, 0.1) is 22.5 Å². The molecule has 6 nitrogen and oxygen atoms in total. The predicted molar refractivity (Wildman–Crippen MR) is 74.5 cm³/mol. The molecule has 1 N–H and O–H groups in total. The molecule has 1 aromatic carbocycles. The Hall–Kier alpha value is -0.960. The van der Waals surface area contributed by atoms with E-state index in [0.29, 0.717) is 5.56 Å². The number of aliphatic hydroxyl groups excluding tert-OH is 1. The first-order valence-electron chi connectivity index (χ1n) is 6.21. The third-order valence-corrected chi connectivity index (χ3v) is 6.79. The summed E-state index contributed by atoms with van der Waals surface area (Å²) in [6.07, 6.45) is -0.758. The average molecular weight is 319 g/mol. The molecule has 1 heterocycles. The zero-order chi connectivity index (χ0) is 15.0. The Balaban J connectivity index is 2.29. The first-order chi connectivity index (χ1) is 9.22. The fraction of sp³-hybridized carbons (Fsp3) is 0.500. The van der Waals surface area contributed by atoms with Crippen molar-refractivity contribution in [2.75, 3.05) is 24.6 Å². The van der Waals surface area contributed by atoms with Crippen LogP contribution < -0.4 is 0 Å². The van der Waals surface area contributed by atoms with Crippen LogP contribution in [-0.2, 0) is 19.9 Å². The van der Waals surface area contributed by atoms with Crippen molar-refractivity contribution in [1.82, 2.24) is 4.31 Å². The van der Waals surface area contributed by atoms with Crippen molar-refractivity contribution in [2.24, 2.45) is 0 Å². The minimum atomic E-state index is -3.71. The molecule has 112 valence electrons.